The van der Waals surface area contributed by atoms with Crippen LogP contribution in [0.3, 0.4) is 0 Å². The maximum absolute atomic E-state index is 12.3. The summed E-state index contributed by atoms with van der Waals surface area (Å²) in [5, 5.41) is 2.86. The van der Waals surface area contributed by atoms with Gasteiger partial charge in [0.15, 0.2) is 0 Å². The third-order valence-corrected chi connectivity index (χ3v) is 4.25. The molecule has 0 radical (unpaired) electrons. The van der Waals surface area contributed by atoms with Crippen LogP contribution in [0.1, 0.15) is 24.1 Å². The molecule has 0 aliphatic rings. The molecule has 1 heterocycles. The number of nitrogens with two attached hydrogens (primary N) is 1. The highest BCUT2D eigenvalue weighted by molar-refractivity contribution is 9.10. The molecular weight excluding hydrogens is 330 g/mol. The minimum atomic E-state index is -0.337. The zero-order valence-electron chi connectivity index (χ0n) is 12.0. The van der Waals surface area contributed by atoms with Crippen LogP contribution >= 0.6 is 15.9 Å². The van der Waals surface area contributed by atoms with E-state index in [-0.39, 0.29) is 17.9 Å². The van der Waals surface area contributed by atoms with Gasteiger partial charge in [-0.1, -0.05) is 37.3 Å². The normalized spacial score (nSPS) is 13.5. The van der Waals surface area contributed by atoms with Gasteiger partial charge in [-0.15, -0.1) is 0 Å². The van der Waals surface area contributed by atoms with Crippen LogP contribution in [0, 0.1) is 12.8 Å². The molecule has 4 nitrogen and oxygen atoms in total. The Hall–Kier alpha value is -1.72. The first-order valence-electron chi connectivity index (χ1n) is 6.72. The molecule has 0 bridgehead atoms. The number of anilines is 1. The van der Waals surface area contributed by atoms with Crippen molar-refractivity contribution in [2.24, 2.45) is 11.7 Å². The van der Waals surface area contributed by atoms with Gasteiger partial charge in [0.1, 0.15) is 4.60 Å². The van der Waals surface area contributed by atoms with Crippen LogP contribution in [0.2, 0.25) is 0 Å². The molecule has 0 aliphatic heterocycles. The predicted octanol–water partition coefficient (Wildman–Crippen LogP) is 3.43. The number of aromatic nitrogens is 1. The highest BCUT2D eigenvalue weighted by atomic mass is 79.9. The molecule has 2 aromatic rings. The second-order valence-electron chi connectivity index (χ2n) is 5.05. The number of hydrogen-bond donors (Lipinski definition) is 2. The quantitative estimate of drug-likeness (QED) is 0.832. The minimum Gasteiger partial charge on any atom is -0.324 e. The van der Waals surface area contributed by atoms with Crippen LogP contribution in [0.15, 0.2) is 47.2 Å². The Kier molecular flexibility index (Phi) is 5.09. The number of aryl methyl sites for hydroxylation is 1. The van der Waals surface area contributed by atoms with Crippen molar-refractivity contribution < 1.29 is 4.79 Å². The number of benzene rings is 1. The molecular formula is C16H18BrN3O. The summed E-state index contributed by atoms with van der Waals surface area (Å²) < 4.78 is 0.773. The molecule has 21 heavy (non-hydrogen) atoms. The molecule has 0 saturated carbocycles. The van der Waals surface area contributed by atoms with E-state index in [0.717, 1.165) is 15.7 Å². The highest BCUT2D eigenvalue weighted by Crippen LogP contribution is 2.22. The SMILES string of the molecule is Cc1cc(NC(=O)C(C)C(N)c2ccccc2)cnc1Br. The Bertz CT molecular complexity index is 631. The van der Waals surface area contributed by atoms with E-state index in [0.29, 0.717) is 5.69 Å². The van der Waals surface area contributed by atoms with Gasteiger partial charge in [-0.2, -0.15) is 0 Å². The Morgan fingerprint density at radius 2 is 2.00 bits per heavy atom. The minimum absolute atomic E-state index is 0.116. The van der Waals surface area contributed by atoms with Crippen molar-refractivity contribution in [2.75, 3.05) is 5.32 Å². The van der Waals surface area contributed by atoms with Gasteiger partial charge in [0.25, 0.3) is 0 Å². The van der Waals surface area contributed by atoms with Crippen molar-refractivity contribution in [3.05, 3.63) is 58.3 Å². The summed E-state index contributed by atoms with van der Waals surface area (Å²) in [6, 6.07) is 11.2. The maximum atomic E-state index is 12.3. The van der Waals surface area contributed by atoms with Crippen molar-refractivity contribution in [1.29, 1.82) is 0 Å². The monoisotopic (exact) mass is 347 g/mol. The summed E-state index contributed by atoms with van der Waals surface area (Å²) in [5.41, 5.74) is 8.75. The molecule has 2 unspecified atom stereocenters. The lowest BCUT2D eigenvalue weighted by Gasteiger charge is -2.20. The summed E-state index contributed by atoms with van der Waals surface area (Å²) in [4.78, 5) is 16.5. The van der Waals surface area contributed by atoms with Crippen LogP contribution in [0.4, 0.5) is 5.69 Å². The van der Waals surface area contributed by atoms with E-state index in [2.05, 4.69) is 26.2 Å². The molecule has 0 fully saturated rings. The van der Waals surface area contributed by atoms with Crippen LogP contribution in [-0.4, -0.2) is 10.9 Å². The molecule has 0 saturated heterocycles. The van der Waals surface area contributed by atoms with E-state index in [9.17, 15) is 4.79 Å². The van der Waals surface area contributed by atoms with Gasteiger partial charge in [-0.3, -0.25) is 4.79 Å². The Labute approximate surface area is 132 Å². The number of carbonyl (C=O) groups excluding carboxylic acids is 1. The standard InChI is InChI=1S/C16H18BrN3O/c1-10-8-13(9-19-15(10)17)20-16(21)11(2)14(18)12-6-4-3-5-7-12/h3-9,11,14H,18H2,1-2H3,(H,20,21). The molecule has 0 spiro atoms. The van der Waals surface area contributed by atoms with Crippen LogP contribution in [-0.2, 0) is 4.79 Å². The van der Waals surface area contributed by atoms with E-state index in [1.807, 2.05) is 50.2 Å². The number of nitrogens with zero attached hydrogens (tertiary/aromatic N) is 1. The molecule has 2 rings (SSSR count). The van der Waals surface area contributed by atoms with Gasteiger partial charge in [-0.25, -0.2) is 4.98 Å². The number of halogens is 1. The zero-order valence-corrected chi connectivity index (χ0v) is 13.6. The summed E-state index contributed by atoms with van der Waals surface area (Å²) in [7, 11) is 0. The summed E-state index contributed by atoms with van der Waals surface area (Å²) in [5.74, 6) is -0.453. The summed E-state index contributed by atoms with van der Waals surface area (Å²) in [6.07, 6.45) is 1.62. The topological polar surface area (TPSA) is 68.0 Å². The lowest BCUT2D eigenvalue weighted by molar-refractivity contribution is -0.120. The van der Waals surface area contributed by atoms with E-state index >= 15 is 0 Å². The van der Waals surface area contributed by atoms with Crippen molar-refractivity contribution in [3.8, 4) is 0 Å². The third-order valence-electron chi connectivity index (χ3n) is 3.42. The van der Waals surface area contributed by atoms with Gasteiger partial charge in [-0.05, 0) is 40.0 Å². The summed E-state index contributed by atoms with van der Waals surface area (Å²) >= 11 is 3.33. The Morgan fingerprint density at radius 3 is 2.62 bits per heavy atom. The van der Waals surface area contributed by atoms with Gasteiger partial charge in [0.05, 0.1) is 17.8 Å². The molecule has 110 valence electrons. The second kappa shape index (κ2) is 6.83. The summed E-state index contributed by atoms with van der Waals surface area (Å²) in [6.45, 7) is 3.75. The fraction of sp³-hybridized carbons (Fsp3) is 0.250. The van der Waals surface area contributed by atoms with Crippen molar-refractivity contribution in [1.82, 2.24) is 4.98 Å². The van der Waals surface area contributed by atoms with Gasteiger partial charge in [0.2, 0.25) is 5.91 Å². The number of amides is 1. The van der Waals surface area contributed by atoms with E-state index in [1.54, 1.807) is 6.20 Å². The zero-order chi connectivity index (χ0) is 15.4. The lowest BCUT2D eigenvalue weighted by Crippen LogP contribution is -2.30. The van der Waals surface area contributed by atoms with Crippen molar-refractivity contribution >= 4 is 27.5 Å². The van der Waals surface area contributed by atoms with E-state index in [4.69, 9.17) is 5.73 Å². The van der Waals surface area contributed by atoms with Gasteiger partial charge < -0.3 is 11.1 Å². The van der Waals surface area contributed by atoms with Crippen molar-refractivity contribution in [2.45, 2.75) is 19.9 Å². The fourth-order valence-electron chi connectivity index (χ4n) is 2.01. The smallest absolute Gasteiger partial charge is 0.229 e. The van der Waals surface area contributed by atoms with Crippen molar-refractivity contribution in [3.63, 3.8) is 0 Å². The number of carbonyl (C=O) groups is 1. The molecule has 2 atom stereocenters. The molecule has 1 amide bonds. The first-order valence-corrected chi connectivity index (χ1v) is 7.52. The molecule has 3 N–H and O–H groups in total. The van der Waals surface area contributed by atoms with Gasteiger partial charge in [0, 0.05) is 6.04 Å². The fourth-order valence-corrected chi connectivity index (χ4v) is 2.23. The number of pyridine rings is 1. The molecule has 5 heteroatoms. The lowest BCUT2D eigenvalue weighted by atomic mass is 9.94. The Balaban J connectivity index is 2.07. The highest BCUT2D eigenvalue weighted by Gasteiger charge is 2.22. The largest absolute Gasteiger partial charge is 0.324 e. The van der Waals surface area contributed by atoms with E-state index < -0.39 is 0 Å². The average Bonchev–Trinajstić information content (AvgIpc) is 2.50. The maximum Gasteiger partial charge on any atom is 0.229 e. The first-order chi connectivity index (χ1) is 9.99. The average molecular weight is 348 g/mol. The number of hydrogen-bond acceptors (Lipinski definition) is 3. The van der Waals surface area contributed by atoms with Crippen LogP contribution < -0.4 is 11.1 Å². The first kappa shape index (κ1) is 15.7. The molecule has 1 aromatic carbocycles. The predicted molar refractivity (Wildman–Crippen MR) is 87.8 cm³/mol. The van der Waals surface area contributed by atoms with Crippen LogP contribution in [0.5, 0.6) is 0 Å². The molecule has 1 aromatic heterocycles. The number of nitrogens with one attached hydrogen (secondary N) is 1. The second-order valence-corrected chi connectivity index (χ2v) is 5.80. The van der Waals surface area contributed by atoms with Gasteiger partial charge >= 0.3 is 0 Å². The Morgan fingerprint density at radius 1 is 1.33 bits per heavy atom. The van der Waals surface area contributed by atoms with Crippen LogP contribution in [0.25, 0.3) is 0 Å². The third kappa shape index (κ3) is 3.89. The number of rotatable bonds is 4. The molecule has 0 aliphatic carbocycles. The van der Waals surface area contributed by atoms with E-state index in [1.165, 1.54) is 0 Å².